The van der Waals surface area contributed by atoms with Crippen molar-refractivity contribution in [2.75, 3.05) is 18.9 Å². The summed E-state index contributed by atoms with van der Waals surface area (Å²) in [6.45, 7) is 0.757. The number of nitrogens with two attached hydrogens (primary N) is 1. The smallest absolute Gasteiger partial charge is 0.224 e. The highest BCUT2D eigenvalue weighted by molar-refractivity contribution is 5.78. The molecule has 2 aromatic carbocycles. The van der Waals surface area contributed by atoms with Gasteiger partial charge in [0.05, 0.1) is 13.0 Å². The van der Waals surface area contributed by atoms with Gasteiger partial charge in [0.2, 0.25) is 5.91 Å². The minimum atomic E-state index is -0.310. The Kier molecular flexibility index (Phi) is 5.15. The van der Waals surface area contributed by atoms with E-state index in [1.165, 1.54) is 12.1 Å². The molecule has 2 rings (SSSR count). The van der Waals surface area contributed by atoms with Gasteiger partial charge in [0, 0.05) is 11.8 Å². The number of carbonyl (C=O) groups is 1. The molecular weight excluding hydrogens is 271 g/mol. The van der Waals surface area contributed by atoms with Gasteiger partial charge in [0.15, 0.2) is 0 Å². The van der Waals surface area contributed by atoms with Crippen molar-refractivity contribution >= 4 is 11.6 Å². The summed E-state index contributed by atoms with van der Waals surface area (Å²) in [6.07, 6.45) is 0.221. The Balaban J connectivity index is 1.68. The summed E-state index contributed by atoms with van der Waals surface area (Å²) in [5.74, 6) is 0.232. The Morgan fingerprint density at radius 3 is 2.67 bits per heavy atom. The molecule has 0 spiro atoms. The Labute approximate surface area is 122 Å². The zero-order chi connectivity index (χ0) is 15.1. The maximum Gasteiger partial charge on any atom is 0.224 e. The largest absolute Gasteiger partial charge is 0.492 e. The van der Waals surface area contributed by atoms with Crippen LogP contribution in [0.5, 0.6) is 5.75 Å². The van der Waals surface area contributed by atoms with Gasteiger partial charge in [0.1, 0.15) is 18.2 Å². The van der Waals surface area contributed by atoms with E-state index < -0.39 is 0 Å². The lowest BCUT2D eigenvalue weighted by Crippen LogP contribution is -2.29. The Hall–Kier alpha value is -2.56. The second kappa shape index (κ2) is 7.28. The number of benzene rings is 2. The van der Waals surface area contributed by atoms with Crippen molar-refractivity contribution in [1.29, 1.82) is 0 Å². The first-order valence-corrected chi connectivity index (χ1v) is 6.63. The molecule has 0 aliphatic heterocycles. The molecule has 0 saturated heterocycles. The molecule has 5 heteroatoms. The van der Waals surface area contributed by atoms with Crippen LogP contribution in [0.1, 0.15) is 5.56 Å². The predicted octanol–water partition coefficient (Wildman–Crippen LogP) is 2.15. The second-order valence-corrected chi connectivity index (χ2v) is 4.57. The first-order valence-electron chi connectivity index (χ1n) is 6.63. The van der Waals surface area contributed by atoms with Crippen LogP contribution in [0.2, 0.25) is 0 Å². The van der Waals surface area contributed by atoms with E-state index in [9.17, 15) is 9.18 Å². The third kappa shape index (κ3) is 5.14. The van der Waals surface area contributed by atoms with Crippen LogP contribution >= 0.6 is 0 Å². The highest BCUT2D eigenvalue weighted by Crippen LogP contribution is 2.13. The fourth-order valence-electron chi connectivity index (χ4n) is 1.81. The van der Waals surface area contributed by atoms with E-state index in [1.807, 2.05) is 0 Å². The lowest BCUT2D eigenvalue weighted by molar-refractivity contribution is -0.120. The summed E-state index contributed by atoms with van der Waals surface area (Å²) in [4.78, 5) is 11.7. The summed E-state index contributed by atoms with van der Waals surface area (Å²) in [5.41, 5.74) is 7.03. The number of carbonyl (C=O) groups excluding carboxylic acids is 1. The first-order chi connectivity index (χ1) is 10.1. The van der Waals surface area contributed by atoms with Crippen LogP contribution in [0.3, 0.4) is 0 Å². The van der Waals surface area contributed by atoms with Crippen molar-refractivity contribution < 1.29 is 13.9 Å². The number of hydrogen-bond donors (Lipinski definition) is 2. The summed E-state index contributed by atoms with van der Waals surface area (Å²) in [6, 6.07) is 13.0. The van der Waals surface area contributed by atoms with Crippen LogP contribution in [0.15, 0.2) is 48.5 Å². The van der Waals surface area contributed by atoms with Crippen molar-refractivity contribution in [3.63, 3.8) is 0 Å². The molecule has 3 N–H and O–H groups in total. The lowest BCUT2D eigenvalue weighted by Gasteiger charge is -2.08. The van der Waals surface area contributed by atoms with Gasteiger partial charge in [-0.25, -0.2) is 4.39 Å². The maximum absolute atomic E-state index is 12.7. The van der Waals surface area contributed by atoms with Crippen LogP contribution in [0.25, 0.3) is 0 Å². The molecule has 0 aliphatic rings. The number of ether oxygens (including phenoxy) is 1. The summed E-state index contributed by atoms with van der Waals surface area (Å²) in [5, 5.41) is 2.74. The molecule has 0 atom stereocenters. The monoisotopic (exact) mass is 288 g/mol. The van der Waals surface area contributed by atoms with E-state index in [2.05, 4.69) is 5.32 Å². The van der Waals surface area contributed by atoms with Crippen molar-refractivity contribution in [1.82, 2.24) is 5.32 Å². The van der Waals surface area contributed by atoms with Crippen molar-refractivity contribution in [2.24, 2.45) is 0 Å². The number of nitrogens with one attached hydrogen (secondary N) is 1. The first kappa shape index (κ1) is 14.8. The van der Waals surface area contributed by atoms with Crippen LogP contribution in [-0.4, -0.2) is 19.1 Å². The molecule has 1 amide bonds. The standard InChI is InChI=1S/C16H17FN2O2/c17-13-6-4-12(5-7-13)10-16(20)19-8-9-21-15-3-1-2-14(18)11-15/h1-7,11H,8-10,18H2,(H,19,20). The maximum atomic E-state index is 12.7. The quantitative estimate of drug-likeness (QED) is 0.632. The van der Waals surface area contributed by atoms with E-state index >= 15 is 0 Å². The number of rotatable bonds is 6. The molecule has 4 nitrogen and oxygen atoms in total. The minimum Gasteiger partial charge on any atom is -0.492 e. The van der Waals surface area contributed by atoms with E-state index in [-0.39, 0.29) is 18.1 Å². The van der Waals surface area contributed by atoms with Gasteiger partial charge < -0.3 is 15.8 Å². The van der Waals surface area contributed by atoms with Gasteiger partial charge in [-0.1, -0.05) is 18.2 Å². The minimum absolute atomic E-state index is 0.127. The van der Waals surface area contributed by atoms with E-state index in [4.69, 9.17) is 10.5 Å². The van der Waals surface area contributed by atoms with Crippen molar-refractivity contribution in [3.05, 3.63) is 59.9 Å². The SMILES string of the molecule is Nc1cccc(OCCNC(=O)Cc2ccc(F)cc2)c1. The fourth-order valence-corrected chi connectivity index (χ4v) is 1.81. The zero-order valence-corrected chi connectivity index (χ0v) is 11.5. The summed E-state index contributed by atoms with van der Waals surface area (Å²) < 4.78 is 18.2. The normalized spacial score (nSPS) is 10.1. The molecule has 0 radical (unpaired) electrons. The van der Waals surface area contributed by atoms with E-state index in [0.717, 1.165) is 5.56 Å². The Bertz CT molecular complexity index is 599. The Morgan fingerprint density at radius 1 is 1.19 bits per heavy atom. The predicted molar refractivity (Wildman–Crippen MR) is 79.5 cm³/mol. The number of anilines is 1. The van der Waals surface area contributed by atoms with Crippen LogP contribution < -0.4 is 15.8 Å². The van der Waals surface area contributed by atoms with Crippen molar-refractivity contribution in [3.8, 4) is 5.75 Å². The zero-order valence-electron chi connectivity index (χ0n) is 11.5. The third-order valence-corrected chi connectivity index (χ3v) is 2.83. The fraction of sp³-hybridized carbons (Fsp3) is 0.188. The Morgan fingerprint density at radius 2 is 1.95 bits per heavy atom. The third-order valence-electron chi connectivity index (χ3n) is 2.83. The summed E-state index contributed by atoms with van der Waals surface area (Å²) in [7, 11) is 0. The average Bonchev–Trinajstić information content (AvgIpc) is 2.46. The topological polar surface area (TPSA) is 64.3 Å². The molecule has 0 heterocycles. The molecule has 0 saturated carbocycles. The van der Waals surface area contributed by atoms with Gasteiger partial charge in [-0.2, -0.15) is 0 Å². The van der Waals surface area contributed by atoms with Gasteiger partial charge >= 0.3 is 0 Å². The number of amides is 1. The number of hydrogen-bond acceptors (Lipinski definition) is 3. The molecule has 0 bridgehead atoms. The number of halogens is 1. The molecule has 2 aromatic rings. The molecule has 0 aromatic heterocycles. The van der Waals surface area contributed by atoms with Crippen molar-refractivity contribution in [2.45, 2.75) is 6.42 Å². The van der Waals surface area contributed by atoms with Crippen LogP contribution in [-0.2, 0) is 11.2 Å². The molecule has 0 fully saturated rings. The van der Waals surface area contributed by atoms with Crippen LogP contribution in [0.4, 0.5) is 10.1 Å². The summed E-state index contributed by atoms with van der Waals surface area (Å²) >= 11 is 0. The highest BCUT2D eigenvalue weighted by Gasteiger charge is 2.03. The van der Waals surface area contributed by atoms with Crippen LogP contribution in [0, 0.1) is 5.82 Å². The van der Waals surface area contributed by atoms with E-state index in [1.54, 1.807) is 36.4 Å². The molecular formula is C16H17FN2O2. The molecule has 0 aliphatic carbocycles. The van der Waals surface area contributed by atoms with Gasteiger partial charge in [0.25, 0.3) is 0 Å². The van der Waals surface area contributed by atoms with Gasteiger partial charge in [-0.3, -0.25) is 4.79 Å². The second-order valence-electron chi connectivity index (χ2n) is 4.57. The molecule has 21 heavy (non-hydrogen) atoms. The molecule has 110 valence electrons. The number of nitrogen functional groups attached to an aromatic ring is 1. The van der Waals surface area contributed by atoms with Gasteiger partial charge in [-0.15, -0.1) is 0 Å². The van der Waals surface area contributed by atoms with E-state index in [0.29, 0.717) is 24.6 Å². The van der Waals surface area contributed by atoms with Gasteiger partial charge in [-0.05, 0) is 29.8 Å². The highest BCUT2D eigenvalue weighted by atomic mass is 19.1. The average molecular weight is 288 g/mol. The molecule has 0 unspecified atom stereocenters. The lowest BCUT2D eigenvalue weighted by atomic mass is 10.1.